The monoisotopic (exact) mass is 346 g/mol. The standard InChI is InChI=1S/C18H22N2O3S/c1-3-14(2)20-24(22,23)17-11-9-16(10-12-17)18(21)19-13-15-7-5-4-6-8-15/h4-12,14,20H,3,13H2,1-2H3,(H,19,21)/t14-/m1/s1. The van der Waals surface area contributed by atoms with E-state index in [1.165, 1.54) is 24.3 Å². The summed E-state index contributed by atoms with van der Waals surface area (Å²) in [4.78, 5) is 12.3. The Bertz CT molecular complexity index is 772. The third-order valence-electron chi connectivity index (χ3n) is 3.69. The van der Waals surface area contributed by atoms with E-state index in [1.807, 2.05) is 44.2 Å². The Morgan fingerprint density at radius 1 is 1.04 bits per heavy atom. The number of sulfonamides is 1. The molecular weight excluding hydrogens is 324 g/mol. The summed E-state index contributed by atoms with van der Waals surface area (Å²) < 4.78 is 27.0. The first-order valence-electron chi connectivity index (χ1n) is 7.87. The SMILES string of the molecule is CC[C@@H](C)NS(=O)(=O)c1ccc(C(=O)NCc2ccccc2)cc1. The Labute approximate surface area is 143 Å². The third kappa shape index (κ3) is 4.91. The molecule has 2 aromatic carbocycles. The van der Waals surface area contributed by atoms with Gasteiger partial charge in [-0.3, -0.25) is 4.79 Å². The van der Waals surface area contributed by atoms with Gasteiger partial charge in [-0.05, 0) is 43.2 Å². The van der Waals surface area contributed by atoms with E-state index in [9.17, 15) is 13.2 Å². The van der Waals surface area contributed by atoms with Gasteiger partial charge >= 0.3 is 0 Å². The van der Waals surface area contributed by atoms with E-state index < -0.39 is 10.0 Å². The molecule has 0 bridgehead atoms. The lowest BCUT2D eigenvalue weighted by molar-refractivity contribution is 0.0951. The van der Waals surface area contributed by atoms with Crippen molar-refractivity contribution < 1.29 is 13.2 Å². The summed E-state index contributed by atoms with van der Waals surface area (Å²) in [5, 5.41) is 2.81. The summed E-state index contributed by atoms with van der Waals surface area (Å²) in [6.45, 7) is 4.14. The second-order valence-corrected chi connectivity index (χ2v) is 7.34. The Balaban J connectivity index is 2.02. The molecule has 5 nitrogen and oxygen atoms in total. The van der Waals surface area contributed by atoms with Crippen molar-refractivity contribution in [3.8, 4) is 0 Å². The molecule has 0 radical (unpaired) electrons. The molecular formula is C18H22N2O3S. The minimum Gasteiger partial charge on any atom is -0.348 e. The lowest BCUT2D eigenvalue weighted by Gasteiger charge is -2.12. The Morgan fingerprint density at radius 3 is 2.25 bits per heavy atom. The van der Waals surface area contributed by atoms with Crippen LogP contribution in [0.3, 0.4) is 0 Å². The van der Waals surface area contributed by atoms with Gasteiger partial charge in [-0.1, -0.05) is 37.3 Å². The Kier molecular flexibility index (Phi) is 6.11. The van der Waals surface area contributed by atoms with Gasteiger partial charge in [0, 0.05) is 18.2 Å². The van der Waals surface area contributed by atoms with Gasteiger partial charge < -0.3 is 5.32 Å². The molecule has 6 heteroatoms. The van der Waals surface area contributed by atoms with E-state index in [-0.39, 0.29) is 16.8 Å². The van der Waals surface area contributed by atoms with E-state index in [0.717, 1.165) is 5.56 Å². The smallest absolute Gasteiger partial charge is 0.251 e. The number of benzene rings is 2. The van der Waals surface area contributed by atoms with Crippen molar-refractivity contribution in [3.05, 3.63) is 65.7 Å². The lowest BCUT2D eigenvalue weighted by Crippen LogP contribution is -2.32. The molecule has 1 amide bonds. The van der Waals surface area contributed by atoms with Crippen molar-refractivity contribution >= 4 is 15.9 Å². The van der Waals surface area contributed by atoms with Crippen LogP contribution in [-0.2, 0) is 16.6 Å². The molecule has 0 unspecified atom stereocenters. The zero-order chi connectivity index (χ0) is 17.6. The van der Waals surface area contributed by atoms with Gasteiger partial charge in [0.15, 0.2) is 0 Å². The summed E-state index contributed by atoms with van der Waals surface area (Å²) >= 11 is 0. The number of rotatable bonds is 7. The van der Waals surface area contributed by atoms with Gasteiger partial charge in [0.05, 0.1) is 4.90 Å². The first-order valence-corrected chi connectivity index (χ1v) is 9.35. The molecule has 2 N–H and O–H groups in total. The van der Waals surface area contributed by atoms with E-state index >= 15 is 0 Å². The maximum atomic E-state index is 12.2. The first kappa shape index (κ1) is 18.2. The van der Waals surface area contributed by atoms with E-state index in [1.54, 1.807) is 0 Å². The van der Waals surface area contributed by atoms with Crippen LogP contribution in [0.15, 0.2) is 59.5 Å². The number of amides is 1. The average Bonchev–Trinajstić information content (AvgIpc) is 2.60. The second-order valence-electron chi connectivity index (χ2n) is 5.62. The molecule has 0 aliphatic rings. The van der Waals surface area contributed by atoms with Crippen molar-refractivity contribution in [1.29, 1.82) is 0 Å². The van der Waals surface area contributed by atoms with E-state index in [0.29, 0.717) is 18.5 Å². The molecule has 0 aromatic heterocycles. The summed E-state index contributed by atoms with van der Waals surface area (Å²) in [6.07, 6.45) is 0.708. The fourth-order valence-electron chi connectivity index (χ4n) is 2.08. The van der Waals surface area contributed by atoms with Crippen LogP contribution in [0.2, 0.25) is 0 Å². The number of nitrogens with one attached hydrogen (secondary N) is 2. The van der Waals surface area contributed by atoms with Crippen molar-refractivity contribution in [3.63, 3.8) is 0 Å². The van der Waals surface area contributed by atoms with Gasteiger partial charge in [0.2, 0.25) is 10.0 Å². The molecule has 0 fully saturated rings. The van der Waals surface area contributed by atoms with E-state index in [4.69, 9.17) is 0 Å². The molecule has 0 spiro atoms. The van der Waals surface area contributed by atoms with Crippen LogP contribution in [0.5, 0.6) is 0 Å². The Morgan fingerprint density at radius 2 is 1.67 bits per heavy atom. The van der Waals surface area contributed by atoms with Crippen LogP contribution in [0.4, 0.5) is 0 Å². The summed E-state index contributed by atoms with van der Waals surface area (Å²) in [5.74, 6) is -0.238. The summed E-state index contributed by atoms with van der Waals surface area (Å²) in [7, 11) is -3.55. The normalized spacial score (nSPS) is 12.6. The number of carbonyl (C=O) groups excluding carboxylic acids is 1. The quantitative estimate of drug-likeness (QED) is 0.809. The van der Waals surface area contributed by atoms with Gasteiger partial charge in [0.25, 0.3) is 5.91 Å². The number of carbonyl (C=O) groups is 1. The summed E-state index contributed by atoms with van der Waals surface area (Å²) in [5.41, 5.74) is 1.43. The average molecular weight is 346 g/mol. The fraction of sp³-hybridized carbons (Fsp3) is 0.278. The van der Waals surface area contributed by atoms with Crippen LogP contribution in [-0.4, -0.2) is 20.4 Å². The highest BCUT2D eigenvalue weighted by molar-refractivity contribution is 7.89. The molecule has 128 valence electrons. The molecule has 2 rings (SSSR count). The van der Waals surface area contributed by atoms with Crippen LogP contribution in [0.25, 0.3) is 0 Å². The molecule has 24 heavy (non-hydrogen) atoms. The fourth-order valence-corrected chi connectivity index (χ4v) is 3.41. The third-order valence-corrected chi connectivity index (χ3v) is 5.30. The molecule has 2 aromatic rings. The predicted octanol–water partition coefficient (Wildman–Crippen LogP) is 2.69. The van der Waals surface area contributed by atoms with Crippen molar-refractivity contribution in [2.24, 2.45) is 0 Å². The van der Waals surface area contributed by atoms with Crippen molar-refractivity contribution in [1.82, 2.24) is 10.0 Å². The van der Waals surface area contributed by atoms with Crippen LogP contribution in [0.1, 0.15) is 36.2 Å². The zero-order valence-electron chi connectivity index (χ0n) is 13.8. The maximum Gasteiger partial charge on any atom is 0.251 e. The summed E-state index contributed by atoms with van der Waals surface area (Å²) in [6, 6.07) is 15.4. The molecule has 0 aliphatic heterocycles. The van der Waals surface area contributed by atoms with Gasteiger partial charge in [-0.15, -0.1) is 0 Å². The van der Waals surface area contributed by atoms with Gasteiger partial charge in [-0.25, -0.2) is 13.1 Å². The Hall–Kier alpha value is -2.18. The topological polar surface area (TPSA) is 75.3 Å². The highest BCUT2D eigenvalue weighted by Gasteiger charge is 2.17. The number of hydrogen-bond donors (Lipinski definition) is 2. The van der Waals surface area contributed by atoms with Gasteiger partial charge in [0.1, 0.15) is 0 Å². The van der Waals surface area contributed by atoms with Crippen LogP contribution in [0, 0.1) is 0 Å². The minimum absolute atomic E-state index is 0.135. The lowest BCUT2D eigenvalue weighted by atomic mass is 10.2. The first-order chi connectivity index (χ1) is 11.4. The predicted molar refractivity (Wildman–Crippen MR) is 94.1 cm³/mol. The van der Waals surface area contributed by atoms with Crippen molar-refractivity contribution in [2.45, 2.75) is 37.8 Å². The minimum atomic E-state index is -3.55. The molecule has 0 saturated heterocycles. The second kappa shape index (κ2) is 8.08. The largest absolute Gasteiger partial charge is 0.348 e. The number of hydrogen-bond acceptors (Lipinski definition) is 3. The molecule has 0 heterocycles. The van der Waals surface area contributed by atoms with Crippen molar-refractivity contribution in [2.75, 3.05) is 0 Å². The van der Waals surface area contributed by atoms with Crippen LogP contribution >= 0.6 is 0 Å². The highest BCUT2D eigenvalue weighted by atomic mass is 32.2. The highest BCUT2D eigenvalue weighted by Crippen LogP contribution is 2.12. The van der Waals surface area contributed by atoms with E-state index in [2.05, 4.69) is 10.0 Å². The zero-order valence-corrected chi connectivity index (χ0v) is 14.6. The maximum absolute atomic E-state index is 12.2. The molecule has 1 atom stereocenters. The molecule has 0 aliphatic carbocycles. The molecule has 0 saturated carbocycles. The van der Waals surface area contributed by atoms with Gasteiger partial charge in [-0.2, -0.15) is 0 Å². The van der Waals surface area contributed by atoms with Crippen LogP contribution < -0.4 is 10.0 Å².